The Hall–Kier alpha value is -2.15. The molecule has 1 atom stereocenters. The van der Waals surface area contributed by atoms with Crippen molar-refractivity contribution in [3.63, 3.8) is 0 Å². The van der Waals surface area contributed by atoms with Gasteiger partial charge in [-0.2, -0.15) is 8.78 Å². The molecule has 0 aliphatic rings. The zero-order chi connectivity index (χ0) is 18.7. The van der Waals surface area contributed by atoms with Crippen molar-refractivity contribution in [1.29, 1.82) is 0 Å². The number of ether oxygens (including phenoxy) is 3. The fraction of sp³-hybridized carbons (Fsp3) is 0.250. The molecule has 1 aromatic carbocycles. The Morgan fingerprint density at radius 3 is 2.67 bits per heavy atom. The molecule has 138 valence electrons. The summed E-state index contributed by atoms with van der Waals surface area (Å²) < 4.78 is 52.0. The van der Waals surface area contributed by atoms with Crippen molar-refractivity contribution in [2.24, 2.45) is 0 Å². The van der Waals surface area contributed by atoms with E-state index in [1.807, 2.05) is 0 Å². The summed E-state index contributed by atoms with van der Waals surface area (Å²) in [6.45, 7) is -2.93. The molecule has 1 unspecified atom stereocenters. The second-order valence-electron chi connectivity index (χ2n) is 5.02. The van der Waals surface area contributed by atoms with Gasteiger partial charge in [-0.25, -0.2) is 0 Å². The smallest absolute Gasteiger partial charge is 0.493 e. The van der Waals surface area contributed by atoms with Crippen LogP contribution in [0.5, 0.6) is 17.2 Å². The van der Waals surface area contributed by atoms with Crippen LogP contribution in [0.3, 0.4) is 0 Å². The molecule has 2 aromatic heterocycles. The van der Waals surface area contributed by atoms with E-state index in [4.69, 9.17) is 9.47 Å². The number of rotatable bonds is 7. The van der Waals surface area contributed by atoms with E-state index in [0.29, 0.717) is 28.2 Å². The van der Waals surface area contributed by atoms with Crippen LogP contribution in [0.25, 0.3) is 11.0 Å². The van der Waals surface area contributed by atoms with Crippen LogP contribution >= 0.6 is 0 Å². The number of aromatic nitrogens is 3. The van der Waals surface area contributed by atoms with Crippen molar-refractivity contribution in [2.45, 2.75) is 17.5 Å². The van der Waals surface area contributed by atoms with Crippen LogP contribution in [0, 0.1) is 0 Å². The van der Waals surface area contributed by atoms with Gasteiger partial charge in [-0.05, 0) is 23.2 Å². The van der Waals surface area contributed by atoms with E-state index in [9.17, 15) is 13.0 Å². The largest absolute Gasteiger partial charge is 1.00 e. The molecule has 0 saturated carbocycles. The molecule has 3 aromatic rings. The maximum absolute atomic E-state index is 12.6. The predicted molar refractivity (Wildman–Crippen MR) is 89.1 cm³/mol. The van der Waals surface area contributed by atoms with Crippen LogP contribution in [0.1, 0.15) is 5.69 Å². The number of nitrogens with zero attached hydrogens (tertiary/aromatic N) is 3. The van der Waals surface area contributed by atoms with E-state index in [2.05, 4.69) is 19.7 Å². The van der Waals surface area contributed by atoms with Crippen LogP contribution in [0.4, 0.5) is 8.78 Å². The van der Waals surface area contributed by atoms with Gasteiger partial charge < -0.3 is 24.2 Å². The van der Waals surface area contributed by atoms with Gasteiger partial charge >= 0.3 is 25.5 Å². The second-order valence-corrected chi connectivity index (χ2v) is 6.36. The number of fused-ring (bicyclic) bond motifs is 1. The summed E-state index contributed by atoms with van der Waals surface area (Å²) in [5.41, 5.74) is 1.18. The van der Waals surface area contributed by atoms with E-state index < -0.39 is 17.4 Å². The van der Waals surface area contributed by atoms with E-state index in [-0.39, 0.29) is 35.5 Å². The Morgan fingerprint density at radius 2 is 2.00 bits per heavy atom. The molecule has 0 saturated heterocycles. The van der Waals surface area contributed by atoms with Crippen LogP contribution in [0.2, 0.25) is 0 Å². The Balaban J connectivity index is 0.00000261. The molecule has 0 bridgehead atoms. The van der Waals surface area contributed by atoms with E-state index in [0.717, 1.165) is 0 Å². The van der Waals surface area contributed by atoms with Gasteiger partial charge in [0.05, 0.1) is 36.5 Å². The van der Waals surface area contributed by atoms with Crippen LogP contribution in [-0.4, -0.2) is 35.0 Å². The molecule has 0 N–H and O–H groups in total. The third-order valence-electron chi connectivity index (χ3n) is 3.44. The van der Waals surface area contributed by atoms with Gasteiger partial charge in [0, 0.05) is 17.4 Å². The molecular weight excluding hydrogens is 375 g/mol. The topological polar surface area (TPSA) is 84.6 Å². The molecule has 0 aliphatic heterocycles. The van der Waals surface area contributed by atoms with Crippen molar-refractivity contribution in [3.05, 3.63) is 36.2 Å². The summed E-state index contributed by atoms with van der Waals surface area (Å²) in [6.07, 6.45) is 1.52. The van der Waals surface area contributed by atoms with Crippen LogP contribution in [-0.2, 0) is 16.6 Å². The average molecular weight is 389 g/mol. The van der Waals surface area contributed by atoms with Crippen molar-refractivity contribution in [2.75, 3.05) is 14.2 Å². The van der Waals surface area contributed by atoms with Crippen LogP contribution < -0.4 is 38.1 Å². The fourth-order valence-electron chi connectivity index (χ4n) is 2.34. The van der Waals surface area contributed by atoms with E-state index >= 15 is 0 Å². The molecule has 7 nitrogen and oxygen atoms in total. The fourth-order valence-corrected chi connectivity index (χ4v) is 3.32. The van der Waals surface area contributed by atoms with Gasteiger partial charge in [-0.3, -0.25) is 9.19 Å². The van der Waals surface area contributed by atoms with E-state index in [1.165, 1.54) is 38.6 Å². The van der Waals surface area contributed by atoms with Gasteiger partial charge in [-0.15, -0.1) is 0 Å². The molecule has 0 fully saturated rings. The number of methoxy groups -OCH3 is 2. The first kappa shape index (κ1) is 21.2. The minimum Gasteiger partial charge on any atom is -0.493 e. The van der Waals surface area contributed by atoms with Gasteiger partial charge in [0.2, 0.25) is 0 Å². The summed E-state index contributed by atoms with van der Waals surface area (Å²) in [5, 5.41) is 0.0702. The Kier molecular flexibility index (Phi) is 7.18. The van der Waals surface area contributed by atoms with Crippen molar-refractivity contribution in [3.8, 4) is 17.2 Å². The molecule has 0 amide bonds. The minimum atomic E-state index is -2.93. The zero-order valence-corrected chi connectivity index (χ0v) is 15.6. The SMILES string of the molecule is COc1ccnc(CS(=O)c2nc3cc(OC(F)F)ccc3[n-]2)c1OC.[Li+]. The minimum absolute atomic E-state index is 0. The second kappa shape index (κ2) is 9.17. The quantitative estimate of drug-likeness (QED) is 0.505. The first-order chi connectivity index (χ1) is 12.5. The Labute approximate surface area is 168 Å². The number of hydrogen-bond acceptors (Lipinski definition) is 6. The predicted octanol–water partition coefficient (Wildman–Crippen LogP) is -0.483. The molecule has 0 radical (unpaired) electrons. The van der Waals surface area contributed by atoms with Crippen molar-refractivity contribution < 1.29 is 46.1 Å². The molecule has 27 heavy (non-hydrogen) atoms. The number of imidazole rings is 1. The van der Waals surface area contributed by atoms with Crippen molar-refractivity contribution in [1.82, 2.24) is 15.0 Å². The Morgan fingerprint density at radius 1 is 1.22 bits per heavy atom. The zero-order valence-electron chi connectivity index (χ0n) is 14.8. The summed E-state index contributed by atoms with van der Waals surface area (Å²) in [6, 6.07) is 5.77. The molecule has 2 heterocycles. The number of benzene rings is 1. The molecule has 0 spiro atoms. The number of alkyl halides is 2. The summed E-state index contributed by atoms with van der Waals surface area (Å²) in [7, 11) is 1.34. The van der Waals surface area contributed by atoms with Crippen molar-refractivity contribution >= 4 is 21.8 Å². The number of halogens is 2. The maximum Gasteiger partial charge on any atom is 1.00 e. The van der Waals surface area contributed by atoms with Gasteiger partial charge in [0.25, 0.3) is 0 Å². The van der Waals surface area contributed by atoms with E-state index in [1.54, 1.807) is 6.07 Å². The molecular formula is C16H14F2LiN3O4S. The van der Waals surface area contributed by atoms with Gasteiger partial charge in [0.1, 0.15) is 5.75 Å². The maximum atomic E-state index is 12.6. The monoisotopic (exact) mass is 389 g/mol. The first-order valence-electron chi connectivity index (χ1n) is 7.35. The number of hydrogen-bond donors (Lipinski definition) is 0. The Bertz CT molecular complexity index is 955. The first-order valence-corrected chi connectivity index (χ1v) is 8.67. The normalized spacial score (nSPS) is 11.9. The third kappa shape index (κ3) is 4.77. The molecule has 0 aliphatic carbocycles. The third-order valence-corrected chi connectivity index (χ3v) is 4.57. The summed E-state index contributed by atoms with van der Waals surface area (Å²) in [5.74, 6) is 0.821. The summed E-state index contributed by atoms with van der Waals surface area (Å²) in [4.78, 5) is 12.5. The standard InChI is InChI=1S/C16H14F2N3O4S.Li/c1-23-13-5-6-19-12(14(13)24-2)8-26(22)16-20-10-4-3-9(25-15(17)18)7-11(10)21-16;/h3-7,15H,8H2,1-2H3;/q-1;+1. The number of pyridine rings is 1. The van der Waals surface area contributed by atoms with Crippen LogP contribution in [0.15, 0.2) is 35.6 Å². The molecule has 3 rings (SSSR count). The van der Waals surface area contributed by atoms with Gasteiger partial charge in [-0.1, -0.05) is 6.07 Å². The molecule has 11 heteroatoms. The average Bonchev–Trinajstić information content (AvgIpc) is 3.04. The van der Waals surface area contributed by atoms with Gasteiger partial charge in [0.15, 0.2) is 11.5 Å². The summed E-state index contributed by atoms with van der Waals surface area (Å²) >= 11 is 0.